The molecule has 0 aromatic heterocycles. The number of benzene rings is 1. The molecular formula is C12H18N2O3S2. The zero-order valence-corrected chi connectivity index (χ0v) is 12.8. The van der Waals surface area contributed by atoms with Crippen LogP contribution in [0.25, 0.3) is 0 Å². The van der Waals surface area contributed by atoms with Crippen molar-refractivity contribution in [3.8, 4) is 5.75 Å². The van der Waals surface area contributed by atoms with Crippen LogP contribution in [0.5, 0.6) is 5.75 Å². The number of anilines is 1. The third-order valence-corrected chi connectivity index (χ3v) is 4.51. The highest BCUT2D eigenvalue weighted by Gasteiger charge is 2.28. The van der Waals surface area contributed by atoms with Crippen LogP contribution in [-0.2, 0) is 10.0 Å². The van der Waals surface area contributed by atoms with Gasteiger partial charge in [0.2, 0.25) is 10.0 Å². The van der Waals surface area contributed by atoms with E-state index in [-0.39, 0.29) is 11.6 Å². The van der Waals surface area contributed by atoms with Crippen LogP contribution in [0.3, 0.4) is 0 Å². The molecule has 0 spiro atoms. The fourth-order valence-corrected chi connectivity index (χ4v) is 1.91. The molecular weight excluding hydrogens is 284 g/mol. The molecule has 0 saturated heterocycles. The van der Waals surface area contributed by atoms with Crippen LogP contribution in [0, 0.1) is 0 Å². The Hall–Kier alpha value is -1.34. The van der Waals surface area contributed by atoms with E-state index in [9.17, 15) is 8.42 Å². The number of hydrogen-bond acceptors (Lipinski definition) is 4. The molecule has 19 heavy (non-hydrogen) atoms. The van der Waals surface area contributed by atoms with E-state index in [0.29, 0.717) is 11.4 Å². The lowest BCUT2D eigenvalue weighted by Crippen LogP contribution is -2.33. The summed E-state index contributed by atoms with van der Waals surface area (Å²) < 4.78 is 30.9. The van der Waals surface area contributed by atoms with E-state index >= 15 is 0 Å². The molecule has 106 valence electrons. The van der Waals surface area contributed by atoms with E-state index in [4.69, 9.17) is 22.7 Å². The van der Waals surface area contributed by atoms with Crippen molar-refractivity contribution < 1.29 is 13.2 Å². The lowest BCUT2D eigenvalue weighted by atomic mass is 10.3. The summed E-state index contributed by atoms with van der Waals surface area (Å²) in [5.74, 6) is 0.502. The molecule has 0 fully saturated rings. The lowest BCUT2D eigenvalue weighted by Gasteiger charge is -2.20. The molecule has 0 bridgehead atoms. The largest absolute Gasteiger partial charge is 0.486 e. The molecule has 5 nitrogen and oxygen atoms in total. The minimum absolute atomic E-state index is 0.116. The summed E-state index contributed by atoms with van der Waals surface area (Å²) in [5, 5.41) is 0. The second-order valence-corrected chi connectivity index (χ2v) is 7.96. The van der Waals surface area contributed by atoms with Crippen LogP contribution in [0.4, 0.5) is 5.69 Å². The van der Waals surface area contributed by atoms with Crippen molar-refractivity contribution in [2.75, 3.05) is 11.3 Å². The molecule has 1 rings (SSSR count). The summed E-state index contributed by atoms with van der Waals surface area (Å²) in [6.45, 7) is 5.00. The maximum absolute atomic E-state index is 12.0. The summed E-state index contributed by atoms with van der Waals surface area (Å²) in [4.78, 5) is 0.237. The predicted octanol–water partition coefficient (Wildman–Crippen LogP) is 1.89. The molecule has 7 heteroatoms. The molecule has 0 amide bonds. The second kappa shape index (κ2) is 5.75. The lowest BCUT2D eigenvalue weighted by molar-refractivity contribution is 0.378. The fourth-order valence-electron chi connectivity index (χ4n) is 1.11. The van der Waals surface area contributed by atoms with Gasteiger partial charge in [-0.15, -0.1) is 0 Å². The van der Waals surface area contributed by atoms with Gasteiger partial charge in [0.15, 0.2) is 0 Å². The third-order valence-electron chi connectivity index (χ3n) is 2.27. The van der Waals surface area contributed by atoms with E-state index < -0.39 is 14.8 Å². The van der Waals surface area contributed by atoms with Gasteiger partial charge in [0.25, 0.3) is 0 Å². The van der Waals surface area contributed by atoms with Crippen molar-refractivity contribution in [2.45, 2.75) is 25.5 Å². The predicted molar refractivity (Wildman–Crippen MR) is 81.0 cm³/mol. The number of rotatable bonds is 5. The van der Waals surface area contributed by atoms with Gasteiger partial charge in [0.05, 0.1) is 10.4 Å². The maximum Gasteiger partial charge on any atom is 0.237 e. The third kappa shape index (κ3) is 4.68. The highest BCUT2D eigenvalue weighted by Crippen LogP contribution is 2.22. The summed E-state index contributed by atoms with van der Waals surface area (Å²) in [6.07, 6.45) is 0. The van der Waals surface area contributed by atoms with Crippen LogP contribution < -0.4 is 15.2 Å². The SMILES string of the molecule is CC(C)(C)S(=O)(=O)Nc1cccc(OCC(N)=S)c1. The highest BCUT2D eigenvalue weighted by molar-refractivity contribution is 7.94. The standard InChI is InChI=1S/C12H18N2O3S2/c1-12(2,3)19(15,16)14-9-5-4-6-10(7-9)17-8-11(13)18/h4-7,14H,8H2,1-3H3,(H2,13,18). The van der Waals surface area contributed by atoms with Crippen molar-refractivity contribution in [3.05, 3.63) is 24.3 Å². The minimum Gasteiger partial charge on any atom is -0.486 e. The molecule has 0 heterocycles. The zero-order valence-electron chi connectivity index (χ0n) is 11.1. The Bertz CT molecular complexity index is 563. The molecule has 0 aliphatic heterocycles. The van der Waals surface area contributed by atoms with Crippen LogP contribution in [0.15, 0.2) is 24.3 Å². The van der Waals surface area contributed by atoms with E-state index in [0.717, 1.165) is 0 Å². The molecule has 0 atom stereocenters. The summed E-state index contributed by atoms with van der Waals surface area (Å²) in [6, 6.07) is 6.63. The van der Waals surface area contributed by atoms with Gasteiger partial charge in [-0.1, -0.05) is 18.3 Å². The van der Waals surface area contributed by atoms with Crippen molar-refractivity contribution in [2.24, 2.45) is 5.73 Å². The first kappa shape index (κ1) is 15.7. The quantitative estimate of drug-likeness (QED) is 0.812. The molecule has 0 saturated carbocycles. The number of thiocarbonyl (C=S) groups is 1. The Labute approximate surface area is 119 Å². The van der Waals surface area contributed by atoms with Gasteiger partial charge >= 0.3 is 0 Å². The van der Waals surface area contributed by atoms with Gasteiger partial charge in [-0.3, -0.25) is 4.72 Å². The van der Waals surface area contributed by atoms with Crippen LogP contribution in [-0.4, -0.2) is 24.8 Å². The molecule has 0 aliphatic carbocycles. The van der Waals surface area contributed by atoms with E-state index in [1.807, 2.05) is 0 Å². The first-order valence-corrected chi connectivity index (χ1v) is 7.54. The normalized spacial score (nSPS) is 11.9. The molecule has 0 radical (unpaired) electrons. The van der Waals surface area contributed by atoms with Gasteiger partial charge in [-0.2, -0.15) is 0 Å². The van der Waals surface area contributed by atoms with Gasteiger partial charge in [-0.25, -0.2) is 8.42 Å². The summed E-state index contributed by atoms with van der Waals surface area (Å²) >= 11 is 4.71. The first-order chi connectivity index (χ1) is 8.62. The Morgan fingerprint density at radius 2 is 2.05 bits per heavy atom. The fraction of sp³-hybridized carbons (Fsp3) is 0.417. The Morgan fingerprint density at radius 1 is 1.42 bits per heavy atom. The summed E-state index contributed by atoms with van der Waals surface area (Å²) in [5.41, 5.74) is 5.77. The van der Waals surface area contributed by atoms with Gasteiger partial charge in [0.1, 0.15) is 17.3 Å². The summed E-state index contributed by atoms with van der Waals surface area (Å²) in [7, 11) is -3.45. The monoisotopic (exact) mass is 302 g/mol. The first-order valence-electron chi connectivity index (χ1n) is 5.65. The molecule has 1 aromatic carbocycles. The van der Waals surface area contributed by atoms with E-state index in [1.165, 1.54) is 0 Å². The highest BCUT2D eigenvalue weighted by atomic mass is 32.2. The molecule has 3 N–H and O–H groups in total. The Balaban J connectivity index is 2.86. The van der Waals surface area contributed by atoms with Crippen molar-refractivity contribution >= 4 is 32.9 Å². The average Bonchev–Trinajstić information content (AvgIpc) is 2.24. The maximum atomic E-state index is 12.0. The Morgan fingerprint density at radius 3 is 2.58 bits per heavy atom. The van der Waals surface area contributed by atoms with Crippen LogP contribution in [0.1, 0.15) is 20.8 Å². The minimum atomic E-state index is -3.45. The van der Waals surface area contributed by atoms with Gasteiger partial charge in [-0.05, 0) is 32.9 Å². The van der Waals surface area contributed by atoms with Crippen molar-refractivity contribution in [1.29, 1.82) is 0 Å². The van der Waals surface area contributed by atoms with Crippen molar-refractivity contribution in [1.82, 2.24) is 0 Å². The van der Waals surface area contributed by atoms with E-state index in [1.54, 1.807) is 45.0 Å². The average molecular weight is 302 g/mol. The molecule has 1 aromatic rings. The van der Waals surface area contributed by atoms with Crippen LogP contribution in [0.2, 0.25) is 0 Å². The van der Waals surface area contributed by atoms with Crippen molar-refractivity contribution in [3.63, 3.8) is 0 Å². The van der Waals surface area contributed by atoms with Gasteiger partial charge in [0, 0.05) is 6.07 Å². The number of hydrogen-bond donors (Lipinski definition) is 2. The van der Waals surface area contributed by atoms with Crippen LogP contribution >= 0.6 is 12.2 Å². The zero-order chi connectivity index (χ0) is 14.7. The molecule has 0 aliphatic rings. The number of sulfonamides is 1. The topological polar surface area (TPSA) is 81.4 Å². The smallest absolute Gasteiger partial charge is 0.237 e. The number of nitrogens with two attached hydrogens (primary N) is 1. The number of ether oxygens (including phenoxy) is 1. The van der Waals surface area contributed by atoms with E-state index in [2.05, 4.69) is 4.72 Å². The number of nitrogens with one attached hydrogen (secondary N) is 1. The molecule has 0 unspecified atom stereocenters. The Kier molecular flexibility index (Phi) is 4.75. The van der Waals surface area contributed by atoms with Gasteiger partial charge < -0.3 is 10.5 Å². The second-order valence-electron chi connectivity index (χ2n) is 5.00.